The lowest BCUT2D eigenvalue weighted by atomic mass is 9.96. The predicted molar refractivity (Wildman–Crippen MR) is 162 cm³/mol. The van der Waals surface area contributed by atoms with Gasteiger partial charge in [-0.25, -0.2) is 0 Å². The van der Waals surface area contributed by atoms with E-state index in [1.165, 1.54) is 6.07 Å². The molecule has 0 saturated carbocycles. The fraction of sp³-hybridized carbons (Fsp3) is 0.281. The summed E-state index contributed by atoms with van der Waals surface area (Å²) in [4.78, 5) is 19.6. The summed E-state index contributed by atoms with van der Waals surface area (Å²) in [5, 5.41) is 6.89. The maximum atomic E-state index is 13.5. The number of benzene rings is 2. The first kappa shape index (κ1) is 29.3. The smallest absolute Gasteiger partial charge is 0.352 e. The average Bonchev–Trinajstić information content (AvgIpc) is 3.43. The molecule has 2 atom stereocenters. The van der Waals surface area contributed by atoms with Gasteiger partial charge in [-0.3, -0.25) is 9.78 Å². The number of anilines is 1. The second kappa shape index (κ2) is 11.6. The molecule has 42 heavy (non-hydrogen) atoms. The second-order valence-electron chi connectivity index (χ2n) is 10.6. The summed E-state index contributed by atoms with van der Waals surface area (Å²) >= 11 is 5.77. The van der Waals surface area contributed by atoms with Crippen LogP contribution in [-0.4, -0.2) is 32.0 Å². The monoisotopic (exact) mass is 591 g/mol. The van der Waals surface area contributed by atoms with E-state index < -0.39 is 11.7 Å². The number of amides is 1. The van der Waals surface area contributed by atoms with Crippen molar-refractivity contribution in [1.82, 2.24) is 19.8 Å². The molecule has 0 bridgehead atoms. The fourth-order valence-electron chi connectivity index (χ4n) is 5.60. The number of nitrogens with zero attached hydrogens (tertiary/aromatic N) is 3. The summed E-state index contributed by atoms with van der Waals surface area (Å²) in [5.41, 5.74) is 5.75. The Kier molecular flexibility index (Phi) is 8.10. The number of carbonyl (C=O) groups excluding carboxylic acids is 1. The molecular formula is C32H32F3N5OS. The SMILES string of the molecule is Cc1ccc(C)c(NC(=O)CCN2C(=S)N[C@@H](c3ccccn3)[C@@H]2c2cc(C)n(-c3cccc(C(F)(F)F)c3)c2C)c1. The molecule has 1 fully saturated rings. The van der Waals surface area contributed by atoms with E-state index in [2.05, 4.69) is 15.6 Å². The molecule has 6 nitrogen and oxygen atoms in total. The lowest BCUT2D eigenvalue weighted by molar-refractivity contribution is -0.137. The van der Waals surface area contributed by atoms with Gasteiger partial charge in [0.15, 0.2) is 5.11 Å². The molecular weight excluding hydrogens is 559 g/mol. The van der Waals surface area contributed by atoms with Crippen LogP contribution < -0.4 is 10.6 Å². The summed E-state index contributed by atoms with van der Waals surface area (Å²) in [6.07, 6.45) is -2.55. The number of aryl methyl sites for hydroxylation is 3. The van der Waals surface area contributed by atoms with Gasteiger partial charge >= 0.3 is 6.18 Å². The Morgan fingerprint density at radius 3 is 2.52 bits per heavy atom. The van der Waals surface area contributed by atoms with Crippen molar-refractivity contribution in [2.24, 2.45) is 0 Å². The van der Waals surface area contributed by atoms with Crippen LogP contribution in [0.15, 0.2) is 72.9 Å². The van der Waals surface area contributed by atoms with Crippen LogP contribution in [0.4, 0.5) is 18.9 Å². The van der Waals surface area contributed by atoms with Crippen LogP contribution in [0.25, 0.3) is 5.69 Å². The van der Waals surface area contributed by atoms with E-state index in [0.717, 1.165) is 51.6 Å². The Labute approximate surface area is 248 Å². The van der Waals surface area contributed by atoms with Crippen molar-refractivity contribution < 1.29 is 18.0 Å². The van der Waals surface area contributed by atoms with Gasteiger partial charge in [0.1, 0.15) is 0 Å². The van der Waals surface area contributed by atoms with E-state index in [-0.39, 0.29) is 24.4 Å². The van der Waals surface area contributed by atoms with Gasteiger partial charge in [0, 0.05) is 41.9 Å². The molecule has 218 valence electrons. The summed E-state index contributed by atoms with van der Waals surface area (Å²) < 4.78 is 42.4. The minimum Gasteiger partial charge on any atom is -0.352 e. The van der Waals surface area contributed by atoms with E-state index in [1.807, 2.05) is 79.6 Å². The minimum absolute atomic E-state index is 0.138. The molecule has 1 aliphatic rings. The van der Waals surface area contributed by atoms with Gasteiger partial charge in [0.05, 0.1) is 23.3 Å². The molecule has 0 unspecified atom stereocenters. The first-order valence-corrected chi connectivity index (χ1v) is 14.1. The largest absolute Gasteiger partial charge is 0.416 e. The Balaban J connectivity index is 1.49. The maximum absolute atomic E-state index is 13.5. The summed E-state index contributed by atoms with van der Waals surface area (Å²) in [5.74, 6) is -0.138. The predicted octanol–water partition coefficient (Wildman–Crippen LogP) is 7.13. The normalized spacial score (nSPS) is 16.9. The first-order chi connectivity index (χ1) is 19.9. The molecule has 1 saturated heterocycles. The fourth-order valence-corrected chi connectivity index (χ4v) is 5.93. The van der Waals surface area contributed by atoms with Crippen LogP contribution in [0.5, 0.6) is 0 Å². The van der Waals surface area contributed by atoms with E-state index >= 15 is 0 Å². The van der Waals surface area contributed by atoms with Crippen LogP contribution in [-0.2, 0) is 11.0 Å². The van der Waals surface area contributed by atoms with Gasteiger partial charge in [-0.2, -0.15) is 13.2 Å². The van der Waals surface area contributed by atoms with Crippen molar-refractivity contribution in [3.63, 3.8) is 0 Å². The van der Waals surface area contributed by atoms with Crippen molar-refractivity contribution in [2.75, 3.05) is 11.9 Å². The van der Waals surface area contributed by atoms with Crippen molar-refractivity contribution >= 4 is 28.9 Å². The van der Waals surface area contributed by atoms with E-state index in [1.54, 1.807) is 12.3 Å². The van der Waals surface area contributed by atoms with Gasteiger partial charge < -0.3 is 20.1 Å². The van der Waals surface area contributed by atoms with Crippen LogP contribution >= 0.6 is 12.2 Å². The molecule has 2 N–H and O–H groups in total. The molecule has 10 heteroatoms. The Morgan fingerprint density at radius 1 is 1.02 bits per heavy atom. The summed E-state index contributed by atoms with van der Waals surface area (Å²) in [6, 6.07) is 18.2. The van der Waals surface area contributed by atoms with Crippen molar-refractivity contribution in [1.29, 1.82) is 0 Å². The number of alkyl halides is 3. The number of carbonyl (C=O) groups is 1. The zero-order valence-corrected chi connectivity index (χ0v) is 24.6. The number of aromatic nitrogens is 2. The van der Waals surface area contributed by atoms with Crippen molar-refractivity contribution in [3.8, 4) is 5.69 Å². The molecule has 2 aromatic heterocycles. The van der Waals surface area contributed by atoms with E-state index in [9.17, 15) is 18.0 Å². The van der Waals surface area contributed by atoms with Crippen molar-refractivity contribution in [2.45, 2.75) is 52.4 Å². The number of thiocarbonyl (C=S) groups is 1. The maximum Gasteiger partial charge on any atom is 0.416 e. The van der Waals surface area contributed by atoms with Gasteiger partial charge in [-0.05, 0) is 99.1 Å². The zero-order valence-electron chi connectivity index (χ0n) is 23.8. The standard InChI is InChI=1S/C32H32F3N5OS/c1-19-11-12-20(2)27(16-19)37-28(41)13-15-39-30(29(38-31(39)42)26-10-5-6-14-36-26)25-17-21(3)40(22(25)4)24-9-7-8-23(18-24)32(33,34)35/h5-12,14,16-18,29-30H,13,15H2,1-4H3,(H,37,41)(H,38,42)/t29-,30-/m0/s1. The third kappa shape index (κ3) is 5.90. The molecule has 4 aromatic rings. The quantitative estimate of drug-likeness (QED) is 0.224. The lowest BCUT2D eigenvalue weighted by Gasteiger charge is -2.28. The minimum atomic E-state index is -4.45. The molecule has 0 radical (unpaired) electrons. The van der Waals surface area contributed by atoms with Crippen LogP contribution in [0.3, 0.4) is 0 Å². The Bertz CT molecular complexity index is 1630. The van der Waals surface area contributed by atoms with E-state index in [0.29, 0.717) is 17.3 Å². The topological polar surface area (TPSA) is 62.2 Å². The number of hydrogen-bond donors (Lipinski definition) is 2. The lowest BCUT2D eigenvalue weighted by Crippen LogP contribution is -2.33. The summed E-state index contributed by atoms with van der Waals surface area (Å²) in [6.45, 7) is 8.02. The number of rotatable bonds is 7. The van der Waals surface area contributed by atoms with Gasteiger partial charge in [0.25, 0.3) is 0 Å². The van der Waals surface area contributed by atoms with Gasteiger partial charge in [-0.1, -0.05) is 24.3 Å². The highest BCUT2D eigenvalue weighted by molar-refractivity contribution is 7.80. The Morgan fingerprint density at radius 2 is 1.81 bits per heavy atom. The molecule has 5 rings (SSSR count). The number of halogens is 3. The molecule has 3 heterocycles. The van der Waals surface area contributed by atoms with Crippen LogP contribution in [0.1, 0.15) is 57.8 Å². The van der Waals surface area contributed by atoms with Gasteiger partial charge in [-0.15, -0.1) is 0 Å². The van der Waals surface area contributed by atoms with Crippen LogP contribution in [0, 0.1) is 27.7 Å². The van der Waals surface area contributed by atoms with E-state index in [4.69, 9.17) is 12.2 Å². The van der Waals surface area contributed by atoms with Crippen LogP contribution in [0.2, 0.25) is 0 Å². The molecule has 0 spiro atoms. The molecule has 1 aliphatic heterocycles. The second-order valence-corrected chi connectivity index (χ2v) is 11.0. The first-order valence-electron chi connectivity index (χ1n) is 13.7. The third-order valence-electron chi connectivity index (χ3n) is 7.67. The number of pyridine rings is 1. The summed E-state index contributed by atoms with van der Waals surface area (Å²) in [7, 11) is 0. The number of nitrogens with one attached hydrogen (secondary N) is 2. The zero-order chi connectivity index (χ0) is 30.2. The highest BCUT2D eigenvalue weighted by atomic mass is 32.1. The highest BCUT2D eigenvalue weighted by Gasteiger charge is 2.41. The number of hydrogen-bond acceptors (Lipinski definition) is 3. The molecule has 2 aromatic carbocycles. The highest BCUT2D eigenvalue weighted by Crippen LogP contribution is 2.42. The van der Waals surface area contributed by atoms with Crippen molar-refractivity contribution in [3.05, 3.63) is 112 Å². The third-order valence-corrected chi connectivity index (χ3v) is 8.02. The van der Waals surface area contributed by atoms with Gasteiger partial charge in [0.2, 0.25) is 5.91 Å². The Hall–Kier alpha value is -4.18. The molecule has 1 amide bonds. The average molecular weight is 592 g/mol. The molecule has 0 aliphatic carbocycles.